The quantitative estimate of drug-likeness (QED) is 0.258. The van der Waals surface area contributed by atoms with Gasteiger partial charge in [-0.05, 0) is 55.1 Å². The Bertz CT molecular complexity index is 1230. The second kappa shape index (κ2) is 13.7. The molecule has 7 heteroatoms. The highest BCUT2D eigenvalue weighted by atomic mass is 16.5. The van der Waals surface area contributed by atoms with Gasteiger partial charge in [0.25, 0.3) is 0 Å². The molecule has 3 aromatic carbocycles. The van der Waals surface area contributed by atoms with E-state index in [0.29, 0.717) is 29.9 Å². The molecule has 3 aromatic rings. The van der Waals surface area contributed by atoms with Gasteiger partial charge in [-0.1, -0.05) is 74.0 Å². The molecule has 0 amide bonds. The third-order valence-electron chi connectivity index (χ3n) is 7.16. The number of piperidine rings is 1. The average molecular weight is 529 g/mol. The Hall–Kier alpha value is -3.97. The van der Waals surface area contributed by atoms with Crippen LogP contribution in [0.5, 0.6) is 0 Å². The van der Waals surface area contributed by atoms with Crippen molar-refractivity contribution in [1.29, 1.82) is 0 Å². The fourth-order valence-corrected chi connectivity index (χ4v) is 5.05. The van der Waals surface area contributed by atoms with Gasteiger partial charge >= 0.3 is 11.9 Å². The summed E-state index contributed by atoms with van der Waals surface area (Å²) in [5.41, 5.74) is 2.57. The van der Waals surface area contributed by atoms with Crippen LogP contribution in [0.25, 0.3) is 0 Å². The van der Waals surface area contributed by atoms with Crippen molar-refractivity contribution in [3.63, 3.8) is 0 Å². The number of carbonyl (C=O) groups is 3. The monoisotopic (exact) mass is 528 g/mol. The fourth-order valence-electron chi connectivity index (χ4n) is 5.05. The standard InChI is InChI=1S/C32H36N2O5/c1-3-10-24-19-20-34(21-28(35)23-11-6-4-7-12-23)22-29(24)39-32(37)30(25-13-8-5-9-14-25)33-27-17-15-26(16-18-27)31(36)38-2/h4-9,11-18,24,29-30,33H,3,10,19-22H2,1-2H3. The lowest BCUT2D eigenvalue weighted by Gasteiger charge is -2.38. The zero-order valence-corrected chi connectivity index (χ0v) is 22.5. The minimum atomic E-state index is -0.737. The number of nitrogens with zero attached hydrogens (tertiary/aromatic N) is 1. The zero-order valence-electron chi connectivity index (χ0n) is 22.5. The first kappa shape index (κ1) is 28.0. The first-order valence-corrected chi connectivity index (χ1v) is 13.5. The van der Waals surface area contributed by atoms with Gasteiger partial charge in [0.05, 0.1) is 19.2 Å². The first-order chi connectivity index (χ1) is 19.0. The van der Waals surface area contributed by atoms with Gasteiger partial charge in [-0.25, -0.2) is 9.59 Å². The van der Waals surface area contributed by atoms with Crippen LogP contribution in [0.2, 0.25) is 0 Å². The molecule has 0 aliphatic carbocycles. The number of Topliss-reactive ketones (excluding diaryl/α,β-unsaturated/α-hetero) is 1. The van der Waals surface area contributed by atoms with Crippen LogP contribution in [0.3, 0.4) is 0 Å². The molecule has 1 fully saturated rings. The van der Waals surface area contributed by atoms with E-state index in [1.54, 1.807) is 24.3 Å². The van der Waals surface area contributed by atoms with E-state index in [0.717, 1.165) is 31.4 Å². The smallest absolute Gasteiger partial charge is 0.337 e. The van der Waals surface area contributed by atoms with Crippen molar-refractivity contribution < 1.29 is 23.9 Å². The highest BCUT2D eigenvalue weighted by molar-refractivity contribution is 5.97. The van der Waals surface area contributed by atoms with Gasteiger partial charge in [-0.3, -0.25) is 9.69 Å². The number of methoxy groups -OCH3 is 1. The van der Waals surface area contributed by atoms with E-state index < -0.39 is 12.0 Å². The molecule has 0 radical (unpaired) electrons. The van der Waals surface area contributed by atoms with Crippen molar-refractivity contribution in [3.05, 3.63) is 102 Å². The molecule has 0 aromatic heterocycles. The number of likely N-dealkylation sites (tertiary alicyclic amines) is 1. The van der Waals surface area contributed by atoms with Gasteiger partial charge in [0.15, 0.2) is 11.8 Å². The van der Waals surface area contributed by atoms with Crippen LogP contribution >= 0.6 is 0 Å². The van der Waals surface area contributed by atoms with Gasteiger partial charge < -0.3 is 14.8 Å². The number of rotatable bonds is 11. The summed E-state index contributed by atoms with van der Waals surface area (Å²) >= 11 is 0. The predicted molar refractivity (Wildman–Crippen MR) is 151 cm³/mol. The zero-order chi connectivity index (χ0) is 27.6. The Kier molecular flexibility index (Phi) is 9.86. The van der Waals surface area contributed by atoms with E-state index in [1.807, 2.05) is 60.7 Å². The molecule has 0 bridgehead atoms. The molecule has 0 saturated carbocycles. The minimum Gasteiger partial charge on any atom is -0.465 e. The summed E-state index contributed by atoms with van der Waals surface area (Å²) in [4.78, 5) is 40.4. The number of carbonyl (C=O) groups excluding carboxylic acids is 3. The first-order valence-electron chi connectivity index (χ1n) is 13.5. The van der Waals surface area contributed by atoms with Crippen molar-refractivity contribution in [1.82, 2.24) is 4.90 Å². The van der Waals surface area contributed by atoms with Crippen LogP contribution < -0.4 is 5.32 Å². The maximum Gasteiger partial charge on any atom is 0.337 e. The Balaban J connectivity index is 1.49. The van der Waals surface area contributed by atoms with Crippen LogP contribution in [0, 0.1) is 5.92 Å². The maximum absolute atomic E-state index is 13.7. The maximum atomic E-state index is 13.7. The molecule has 1 aliphatic heterocycles. The number of hydrogen-bond acceptors (Lipinski definition) is 7. The summed E-state index contributed by atoms with van der Waals surface area (Å²) in [6, 6.07) is 24.8. The van der Waals surface area contributed by atoms with Crippen molar-refractivity contribution in [2.75, 3.05) is 32.1 Å². The Morgan fingerprint density at radius 1 is 0.923 bits per heavy atom. The van der Waals surface area contributed by atoms with Crippen LogP contribution in [-0.2, 0) is 14.3 Å². The molecule has 3 unspecified atom stereocenters. The van der Waals surface area contributed by atoms with Crippen LogP contribution in [0.15, 0.2) is 84.9 Å². The number of esters is 2. The predicted octanol–water partition coefficient (Wildman–Crippen LogP) is 5.54. The molecule has 1 N–H and O–H groups in total. The fraction of sp³-hybridized carbons (Fsp3) is 0.344. The van der Waals surface area contributed by atoms with E-state index in [1.165, 1.54) is 7.11 Å². The lowest BCUT2D eigenvalue weighted by atomic mass is 9.89. The molecule has 4 rings (SSSR count). The number of ether oxygens (including phenoxy) is 2. The molecule has 39 heavy (non-hydrogen) atoms. The van der Waals surface area contributed by atoms with Crippen LogP contribution in [0.4, 0.5) is 5.69 Å². The van der Waals surface area contributed by atoms with Crippen molar-refractivity contribution >= 4 is 23.4 Å². The molecule has 1 heterocycles. The molecule has 0 spiro atoms. The number of benzene rings is 3. The van der Waals surface area contributed by atoms with E-state index in [2.05, 4.69) is 17.1 Å². The van der Waals surface area contributed by atoms with Crippen molar-refractivity contribution in [2.24, 2.45) is 5.92 Å². The summed E-state index contributed by atoms with van der Waals surface area (Å²) in [7, 11) is 1.34. The van der Waals surface area contributed by atoms with Gasteiger partial charge in [0, 0.05) is 17.8 Å². The Labute approximate surface area is 230 Å². The van der Waals surface area contributed by atoms with Gasteiger partial charge in [0.1, 0.15) is 6.10 Å². The summed E-state index contributed by atoms with van der Waals surface area (Å²) in [5.74, 6) is -0.498. The number of anilines is 1. The van der Waals surface area contributed by atoms with Crippen LogP contribution in [0.1, 0.15) is 58.5 Å². The largest absolute Gasteiger partial charge is 0.465 e. The number of hydrogen-bond donors (Lipinski definition) is 1. The second-order valence-corrected chi connectivity index (χ2v) is 9.89. The second-order valence-electron chi connectivity index (χ2n) is 9.89. The average Bonchev–Trinajstić information content (AvgIpc) is 2.98. The highest BCUT2D eigenvalue weighted by Crippen LogP contribution is 2.28. The van der Waals surface area contributed by atoms with Crippen molar-refractivity contribution in [3.8, 4) is 0 Å². The normalized spacial score (nSPS) is 18.1. The van der Waals surface area contributed by atoms with E-state index in [9.17, 15) is 14.4 Å². The SMILES string of the molecule is CCCC1CCN(CC(=O)c2ccccc2)CC1OC(=O)C(Nc1ccc(C(=O)OC)cc1)c1ccccc1. The van der Waals surface area contributed by atoms with E-state index >= 15 is 0 Å². The lowest BCUT2D eigenvalue weighted by molar-refractivity contribution is -0.156. The van der Waals surface area contributed by atoms with Gasteiger partial charge in [-0.2, -0.15) is 0 Å². The van der Waals surface area contributed by atoms with E-state index in [4.69, 9.17) is 9.47 Å². The van der Waals surface area contributed by atoms with Gasteiger partial charge in [-0.15, -0.1) is 0 Å². The summed E-state index contributed by atoms with van der Waals surface area (Å²) in [6.07, 6.45) is 2.50. The molecular weight excluding hydrogens is 492 g/mol. The Morgan fingerprint density at radius 3 is 2.23 bits per heavy atom. The summed E-state index contributed by atoms with van der Waals surface area (Å²) in [6.45, 7) is 3.74. The third kappa shape index (κ3) is 7.54. The molecule has 7 nitrogen and oxygen atoms in total. The number of ketones is 1. The summed E-state index contributed by atoms with van der Waals surface area (Å²) in [5, 5.41) is 3.29. The molecule has 204 valence electrons. The Morgan fingerprint density at radius 2 is 1.59 bits per heavy atom. The van der Waals surface area contributed by atoms with Gasteiger partial charge in [0.2, 0.25) is 0 Å². The van der Waals surface area contributed by atoms with Crippen molar-refractivity contribution in [2.45, 2.75) is 38.3 Å². The number of nitrogens with one attached hydrogen (secondary N) is 1. The topological polar surface area (TPSA) is 84.9 Å². The highest BCUT2D eigenvalue weighted by Gasteiger charge is 2.34. The minimum absolute atomic E-state index is 0.0637. The summed E-state index contributed by atoms with van der Waals surface area (Å²) < 4.78 is 11.0. The molecule has 3 atom stereocenters. The third-order valence-corrected chi connectivity index (χ3v) is 7.16. The van der Waals surface area contributed by atoms with Crippen LogP contribution in [-0.4, -0.2) is 55.5 Å². The molecular formula is C32H36N2O5. The molecule has 1 saturated heterocycles. The molecule has 1 aliphatic rings. The lowest BCUT2D eigenvalue weighted by Crippen LogP contribution is -2.48. The van der Waals surface area contributed by atoms with E-state index in [-0.39, 0.29) is 23.8 Å².